The molecular formula is C9H4F2N4O2. The summed E-state index contributed by atoms with van der Waals surface area (Å²) in [5.74, 6) is 2.29. The zero-order valence-electron chi connectivity index (χ0n) is 8.22. The first-order valence-corrected chi connectivity index (χ1v) is 4.19. The second-order valence-corrected chi connectivity index (χ2v) is 2.73. The van der Waals surface area contributed by atoms with Gasteiger partial charge in [0.05, 0.1) is 23.1 Å². The van der Waals surface area contributed by atoms with E-state index in [9.17, 15) is 18.9 Å². The molecule has 0 aliphatic heterocycles. The summed E-state index contributed by atoms with van der Waals surface area (Å²) in [4.78, 5) is 11.7. The third-order valence-corrected chi connectivity index (χ3v) is 1.67. The van der Waals surface area contributed by atoms with Crippen LogP contribution in [0.2, 0.25) is 0 Å². The monoisotopic (exact) mass is 238 g/mol. The quantitative estimate of drug-likeness (QED) is 0.198. The average molecular weight is 238 g/mol. The van der Waals surface area contributed by atoms with E-state index in [-0.39, 0.29) is 12.1 Å². The van der Waals surface area contributed by atoms with Crippen LogP contribution in [0.3, 0.4) is 0 Å². The first-order chi connectivity index (χ1) is 8.06. The lowest BCUT2D eigenvalue weighted by Crippen LogP contribution is -1.96. The summed E-state index contributed by atoms with van der Waals surface area (Å²) in [5.41, 5.74) is 6.65. The highest BCUT2D eigenvalue weighted by atomic mass is 19.1. The van der Waals surface area contributed by atoms with E-state index < -0.39 is 22.2 Å². The number of halogens is 2. The molecule has 0 N–H and O–H groups in total. The fourth-order valence-corrected chi connectivity index (χ4v) is 0.974. The van der Waals surface area contributed by atoms with E-state index in [4.69, 9.17) is 5.53 Å². The molecule has 6 nitrogen and oxygen atoms in total. The predicted molar refractivity (Wildman–Crippen MR) is 53.9 cm³/mol. The van der Waals surface area contributed by atoms with Crippen molar-refractivity contribution < 1.29 is 13.7 Å². The van der Waals surface area contributed by atoms with Crippen LogP contribution in [0, 0.1) is 33.6 Å². The Morgan fingerprint density at radius 2 is 2.18 bits per heavy atom. The summed E-state index contributed by atoms with van der Waals surface area (Å²) in [5, 5.41) is 13.4. The van der Waals surface area contributed by atoms with E-state index in [1.165, 1.54) is 0 Å². The van der Waals surface area contributed by atoms with Gasteiger partial charge >= 0.3 is 5.69 Å². The lowest BCUT2D eigenvalue weighted by molar-refractivity contribution is -0.387. The maximum atomic E-state index is 13.2. The van der Waals surface area contributed by atoms with Crippen molar-refractivity contribution in [3.05, 3.63) is 49.9 Å². The number of nitro groups is 1. The van der Waals surface area contributed by atoms with Gasteiger partial charge in [-0.2, -0.15) is 4.39 Å². The number of benzene rings is 1. The molecule has 0 heterocycles. The summed E-state index contributed by atoms with van der Waals surface area (Å²) >= 11 is 0. The largest absolute Gasteiger partial charge is 0.307 e. The highest BCUT2D eigenvalue weighted by Gasteiger charge is 2.17. The Morgan fingerprint density at radius 3 is 2.76 bits per heavy atom. The molecule has 17 heavy (non-hydrogen) atoms. The summed E-state index contributed by atoms with van der Waals surface area (Å²) < 4.78 is 26.3. The molecule has 0 amide bonds. The summed E-state index contributed by atoms with van der Waals surface area (Å²) in [6.45, 7) is -0.200. The average Bonchev–Trinajstić information content (AvgIpc) is 2.28. The van der Waals surface area contributed by atoms with Gasteiger partial charge in [-0.15, -0.1) is 0 Å². The number of hydrogen-bond acceptors (Lipinski definition) is 3. The summed E-state index contributed by atoms with van der Waals surface area (Å²) in [6.07, 6.45) is 0. The van der Waals surface area contributed by atoms with E-state index in [2.05, 4.69) is 21.9 Å². The third kappa shape index (κ3) is 3.15. The van der Waals surface area contributed by atoms with Gasteiger partial charge in [-0.05, 0) is 11.6 Å². The van der Waals surface area contributed by atoms with Crippen molar-refractivity contribution in [2.24, 2.45) is 5.11 Å². The number of azide groups is 1. The summed E-state index contributed by atoms with van der Waals surface area (Å²) in [7, 11) is 0. The molecule has 86 valence electrons. The number of nitrogens with zero attached hydrogens (tertiary/aromatic N) is 4. The van der Waals surface area contributed by atoms with E-state index in [0.29, 0.717) is 12.1 Å². The van der Waals surface area contributed by atoms with Crippen molar-refractivity contribution in [2.45, 2.75) is 0 Å². The molecule has 0 saturated carbocycles. The second kappa shape index (κ2) is 5.44. The Labute approximate surface area is 93.6 Å². The van der Waals surface area contributed by atoms with Crippen molar-refractivity contribution in [3.63, 3.8) is 0 Å². The molecular weight excluding hydrogens is 234 g/mol. The maximum Gasteiger partial charge on any atom is 0.307 e. The van der Waals surface area contributed by atoms with Crippen LogP contribution in [0.4, 0.5) is 14.5 Å². The predicted octanol–water partition coefficient (Wildman–Crippen LogP) is 2.53. The molecule has 8 heteroatoms. The maximum absolute atomic E-state index is 13.2. The number of hydrogen-bond donors (Lipinski definition) is 0. The lowest BCUT2D eigenvalue weighted by atomic mass is 10.2. The van der Waals surface area contributed by atoms with Crippen LogP contribution >= 0.6 is 0 Å². The van der Waals surface area contributed by atoms with E-state index in [1.807, 2.05) is 0 Å². The van der Waals surface area contributed by atoms with Gasteiger partial charge in [0.25, 0.3) is 0 Å². The SMILES string of the molecule is [N-]=[N+]=NCC#Cc1cc(F)c([N+](=O)[O-])cc1F. The lowest BCUT2D eigenvalue weighted by Gasteiger charge is -1.96. The van der Waals surface area contributed by atoms with Crippen LogP contribution in [0.5, 0.6) is 0 Å². The molecule has 0 aliphatic rings. The second-order valence-electron chi connectivity index (χ2n) is 2.73. The third-order valence-electron chi connectivity index (χ3n) is 1.67. The van der Waals surface area contributed by atoms with Crippen LogP contribution in [-0.4, -0.2) is 11.5 Å². The van der Waals surface area contributed by atoms with Crippen molar-refractivity contribution in [1.82, 2.24) is 0 Å². The van der Waals surface area contributed by atoms with Gasteiger partial charge < -0.3 is 0 Å². The number of nitro benzene ring substituents is 1. The minimum absolute atomic E-state index is 0.200. The van der Waals surface area contributed by atoms with Gasteiger partial charge in [-0.25, -0.2) is 4.39 Å². The van der Waals surface area contributed by atoms with Crippen LogP contribution in [0.1, 0.15) is 5.56 Å². The Kier molecular flexibility index (Phi) is 3.97. The fourth-order valence-electron chi connectivity index (χ4n) is 0.974. The van der Waals surface area contributed by atoms with Crippen molar-refractivity contribution >= 4 is 5.69 Å². The van der Waals surface area contributed by atoms with Crippen LogP contribution in [0.25, 0.3) is 10.4 Å². The first kappa shape index (κ1) is 12.4. The Bertz CT molecular complexity index is 570. The van der Waals surface area contributed by atoms with E-state index in [0.717, 1.165) is 0 Å². The van der Waals surface area contributed by atoms with E-state index >= 15 is 0 Å². The van der Waals surface area contributed by atoms with Gasteiger partial charge in [0.1, 0.15) is 5.82 Å². The number of rotatable bonds is 2. The smallest absolute Gasteiger partial charge is 0.258 e. The Morgan fingerprint density at radius 1 is 1.47 bits per heavy atom. The molecule has 0 saturated heterocycles. The molecule has 0 spiro atoms. The minimum Gasteiger partial charge on any atom is -0.258 e. The van der Waals surface area contributed by atoms with Gasteiger partial charge in [0.15, 0.2) is 0 Å². The zero-order valence-corrected chi connectivity index (χ0v) is 8.22. The van der Waals surface area contributed by atoms with Crippen molar-refractivity contribution in [1.29, 1.82) is 0 Å². The molecule has 1 aromatic rings. The molecule has 1 aromatic carbocycles. The molecule has 0 bridgehead atoms. The van der Waals surface area contributed by atoms with Crippen molar-refractivity contribution in [3.8, 4) is 11.8 Å². The minimum atomic E-state index is -1.18. The Balaban J connectivity index is 3.10. The molecule has 0 aliphatic carbocycles. The molecule has 0 atom stereocenters. The Hall–Kier alpha value is -2.65. The van der Waals surface area contributed by atoms with Crippen LogP contribution < -0.4 is 0 Å². The van der Waals surface area contributed by atoms with Gasteiger partial charge in [0.2, 0.25) is 5.82 Å². The van der Waals surface area contributed by atoms with Crippen molar-refractivity contribution in [2.75, 3.05) is 6.54 Å². The van der Waals surface area contributed by atoms with E-state index in [1.54, 1.807) is 0 Å². The van der Waals surface area contributed by atoms with Crippen LogP contribution in [0.15, 0.2) is 17.2 Å². The first-order valence-electron chi connectivity index (χ1n) is 4.19. The van der Waals surface area contributed by atoms with Gasteiger partial charge in [-0.3, -0.25) is 10.1 Å². The standard InChI is InChI=1S/C9H4F2N4O2/c10-7-5-9(15(16)17)8(11)4-6(7)2-1-3-13-14-12/h4-5H,3H2. The fraction of sp³-hybridized carbons (Fsp3) is 0.111. The normalized spacial score (nSPS) is 8.82. The van der Waals surface area contributed by atoms with Gasteiger partial charge in [-0.1, -0.05) is 17.0 Å². The molecule has 0 radical (unpaired) electrons. The topological polar surface area (TPSA) is 91.9 Å². The molecule has 0 aromatic heterocycles. The zero-order chi connectivity index (χ0) is 12.8. The summed E-state index contributed by atoms with van der Waals surface area (Å²) in [6, 6.07) is 1.07. The highest BCUT2D eigenvalue weighted by Crippen LogP contribution is 2.20. The van der Waals surface area contributed by atoms with Crippen LogP contribution in [-0.2, 0) is 0 Å². The highest BCUT2D eigenvalue weighted by molar-refractivity contribution is 5.43. The molecule has 1 rings (SSSR count). The van der Waals surface area contributed by atoms with Gasteiger partial charge in [0, 0.05) is 4.91 Å². The molecule has 0 fully saturated rings. The molecule has 0 unspecified atom stereocenters.